The molecule has 0 radical (unpaired) electrons. The Labute approximate surface area is 137 Å². The number of hydrogen-bond acceptors (Lipinski definition) is 4. The number of hydrogen-bond donors (Lipinski definition) is 2. The fourth-order valence-electron chi connectivity index (χ4n) is 3.79. The van der Waals surface area contributed by atoms with Crippen LogP contribution in [0.5, 0.6) is 5.75 Å². The van der Waals surface area contributed by atoms with E-state index in [9.17, 15) is 4.79 Å². The topological polar surface area (TPSA) is 59.6 Å². The van der Waals surface area contributed by atoms with Crippen LogP contribution >= 0.6 is 0 Å². The van der Waals surface area contributed by atoms with Crippen LogP contribution < -0.4 is 15.4 Å². The maximum atomic E-state index is 12.4. The van der Waals surface area contributed by atoms with Crippen LogP contribution in [0.25, 0.3) is 0 Å². The summed E-state index contributed by atoms with van der Waals surface area (Å²) in [6.07, 6.45) is 4.56. The first-order valence-corrected chi connectivity index (χ1v) is 8.47. The number of amides is 1. The Kier molecular flexibility index (Phi) is 5.18. The largest absolute Gasteiger partial charge is 0.496 e. The van der Waals surface area contributed by atoms with Gasteiger partial charge in [-0.25, -0.2) is 0 Å². The molecule has 0 bridgehead atoms. The maximum Gasteiger partial charge on any atom is 0.239 e. The van der Waals surface area contributed by atoms with E-state index >= 15 is 0 Å². The van der Waals surface area contributed by atoms with E-state index in [1.807, 2.05) is 12.1 Å². The monoisotopic (exact) mass is 318 g/mol. The molecule has 1 amide bonds. The maximum absolute atomic E-state index is 12.4. The van der Waals surface area contributed by atoms with Crippen LogP contribution in [0.1, 0.15) is 31.2 Å². The van der Waals surface area contributed by atoms with Crippen molar-refractivity contribution in [2.75, 3.05) is 33.4 Å². The summed E-state index contributed by atoms with van der Waals surface area (Å²) in [5.74, 6) is 0.952. The second-order valence-corrected chi connectivity index (χ2v) is 6.49. The Balaban J connectivity index is 1.72. The van der Waals surface area contributed by atoms with Crippen LogP contribution in [0.4, 0.5) is 0 Å². The first-order chi connectivity index (χ1) is 11.2. The predicted molar refractivity (Wildman–Crippen MR) is 88.8 cm³/mol. The molecule has 126 valence electrons. The van der Waals surface area contributed by atoms with Crippen LogP contribution in [0.2, 0.25) is 0 Å². The van der Waals surface area contributed by atoms with Gasteiger partial charge >= 0.3 is 0 Å². The summed E-state index contributed by atoms with van der Waals surface area (Å²) >= 11 is 0. The lowest BCUT2D eigenvalue weighted by Gasteiger charge is -2.32. The lowest BCUT2D eigenvalue weighted by molar-refractivity contribution is -0.126. The number of ether oxygens (including phenoxy) is 2. The number of methoxy groups -OCH3 is 1. The minimum atomic E-state index is -0.236. The van der Waals surface area contributed by atoms with Crippen molar-refractivity contribution in [1.82, 2.24) is 10.6 Å². The van der Waals surface area contributed by atoms with Gasteiger partial charge in [-0.1, -0.05) is 31.0 Å². The van der Waals surface area contributed by atoms with Gasteiger partial charge in [0.1, 0.15) is 11.8 Å². The molecule has 23 heavy (non-hydrogen) atoms. The van der Waals surface area contributed by atoms with E-state index in [2.05, 4.69) is 22.8 Å². The van der Waals surface area contributed by atoms with Crippen molar-refractivity contribution in [1.29, 1.82) is 0 Å². The zero-order valence-electron chi connectivity index (χ0n) is 13.8. The molecule has 2 N–H and O–H groups in total. The zero-order valence-corrected chi connectivity index (χ0v) is 13.8. The Bertz CT molecular complexity index is 535. The lowest BCUT2D eigenvalue weighted by atomic mass is 9.78. The summed E-state index contributed by atoms with van der Waals surface area (Å²) in [7, 11) is 1.71. The summed E-state index contributed by atoms with van der Waals surface area (Å²) < 4.78 is 10.9. The highest BCUT2D eigenvalue weighted by Crippen LogP contribution is 2.44. The summed E-state index contributed by atoms with van der Waals surface area (Å²) in [6.45, 7) is 2.52. The van der Waals surface area contributed by atoms with Crippen LogP contribution in [0.3, 0.4) is 0 Å². The second-order valence-electron chi connectivity index (χ2n) is 6.49. The van der Waals surface area contributed by atoms with Gasteiger partial charge in [0.2, 0.25) is 5.91 Å². The van der Waals surface area contributed by atoms with Gasteiger partial charge in [-0.3, -0.25) is 4.79 Å². The number of carbonyl (C=O) groups excluding carboxylic acids is 1. The molecule has 2 aliphatic rings. The number of benzene rings is 1. The first-order valence-electron chi connectivity index (χ1n) is 8.47. The van der Waals surface area contributed by atoms with Gasteiger partial charge in [0.15, 0.2) is 0 Å². The third kappa shape index (κ3) is 3.51. The third-order valence-electron chi connectivity index (χ3n) is 5.08. The number of para-hydroxylation sites is 1. The van der Waals surface area contributed by atoms with Gasteiger partial charge in [0.05, 0.1) is 20.3 Å². The summed E-state index contributed by atoms with van der Waals surface area (Å²) in [4.78, 5) is 12.4. The van der Waals surface area contributed by atoms with E-state index in [1.165, 1.54) is 18.4 Å². The molecule has 1 atom stereocenters. The smallest absolute Gasteiger partial charge is 0.239 e. The third-order valence-corrected chi connectivity index (χ3v) is 5.08. The molecule has 5 nitrogen and oxygen atoms in total. The van der Waals surface area contributed by atoms with E-state index < -0.39 is 0 Å². The van der Waals surface area contributed by atoms with Crippen molar-refractivity contribution in [2.45, 2.75) is 37.1 Å². The zero-order chi connectivity index (χ0) is 16.1. The molecule has 0 spiro atoms. The Morgan fingerprint density at radius 1 is 1.39 bits per heavy atom. The van der Waals surface area contributed by atoms with E-state index in [1.54, 1.807) is 7.11 Å². The first kappa shape index (κ1) is 16.3. The summed E-state index contributed by atoms with van der Waals surface area (Å²) in [6, 6.07) is 7.95. The highest BCUT2D eigenvalue weighted by Gasteiger charge is 2.38. The molecule has 5 heteroatoms. The van der Waals surface area contributed by atoms with Gasteiger partial charge in [-0.2, -0.15) is 0 Å². The molecule has 1 aliphatic heterocycles. The number of rotatable bonds is 5. The normalized spacial score (nSPS) is 23.4. The van der Waals surface area contributed by atoms with Crippen LogP contribution in [0, 0.1) is 0 Å². The van der Waals surface area contributed by atoms with Gasteiger partial charge in [0.25, 0.3) is 0 Å². The standard InChI is InChI=1S/C18H26N2O3/c1-22-16-7-3-2-6-14(16)18(8-4-5-9-18)13-20-17(21)15-12-23-11-10-19-15/h2-3,6-7,15,19H,4-5,8-13H2,1H3,(H,20,21). The van der Waals surface area contributed by atoms with E-state index in [0.717, 1.165) is 25.1 Å². The highest BCUT2D eigenvalue weighted by molar-refractivity contribution is 5.82. The number of morpholine rings is 1. The van der Waals surface area contributed by atoms with Gasteiger partial charge in [-0.15, -0.1) is 0 Å². The Morgan fingerprint density at radius 3 is 2.87 bits per heavy atom. The van der Waals surface area contributed by atoms with Crippen molar-refractivity contribution >= 4 is 5.91 Å². The highest BCUT2D eigenvalue weighted by atomic mass is 16.5. The average Bonchev–Trinajstić information content (AvgIpc) is 3.10. The minimum absolute atomic E-state index is 0.0161. The molecular formula is C18H26N2O3. The number of carbonyl (C=O) groups is 1. The molecule has 1 unspecified atom stereocenters. The SMILES string of the molecule is COc1ccccc1C1(CNC(=O)C2COCCN2)CCCC1. The molecular weight excluding hydrogens is 292 g/mol. The molecule has 0 aromatic heterocycles. The van der Waals surface area contributed by atoms with E-state index in [0.29, 0.717) is 19.8 Å². The summed E-state index contributed by atoms with van der Waals surface area (Å²) in [5, 5.41) is 6.36. The molecule has 1 aromatic rings. The van der Waals surface area contributed by atoms with E-state index in [4.69, 9.17) is 9.47 Å². The lowest BCUT2D eigenvalue weighted by Crippen LogP contribution is -2.53. The molecule has 1 saturated carbocycles. The summed E-state index contributed by atoms with van der Waals surface area (Å²) in [5.41, 5.74) is 1.20. The average molecular weight is 318 g/mol. The Morgan fingerprint density at radius 2 is 2.17 bits per heavy atom. The number of nitrogens with one attached hydrogen (secondary N) is 2. The fourth-order valence-corrected chi connectivity index (χ4v) is 3.79. The van der Waals surface area contributed by atoms with Crippen LogP contribution in [0.15, 0.2) is 24.3 Å². The van der Waals surface area contributed by atoms with Gasteiger partial charge in [0, 0.05) is 24.1 Å². The quantitative estimate of drug-likeness (QED) is 0.866. The predicted octanol–water partition coefficient (Wildman–Crippen LogP) is 1.61. The van der Waals surface area contributed by atoms with E-state index in [-0.39, 0.29) is 17.4 Å². The minimum Gasteiger partial charge on any atom is -0.496 e. The fraction of sp³-hybridized carbons (Fsp3) is 0.611. The van der Waals surface area contributed by atoms with Crippen molar-refractivity contribution < 1.29 is 14.3 Å². The molecule has 1 aliphatic carbocycles. The van der Waals surface area contributed by atoms with Crippen molar-refractivity contribution in [2.24, 2.45) is 0 Å². The second kappa shape index (κ2) is 7.32. The Hall–Kier alpha value is -1.59. The van der Waals surface area contributed by atoms with Crippen molar-refractivity contribution in [3.8, 4) is 5.75 Å². The van der Waals surface area contributed by atoms with Gasteiger partial charge < -0.3 is 20.1 Å². The van der Waals surface area contributed by atoms with Crippen molar-refractivity contribution in [3.63, 3.8) is 0 Å². The molecule has 2 fully saturated rings. The molecule has 1 saturated heterocycles. The molecule has 3 rings (SSSR count). The van der Waals surface area contributed by atoms with Crippen LogP contribution in [-0.2, 0) is 14.9 Å². The van der Waals surface area contributed by atoms with Crippen LogP contribution in [-0.4, -0.2) is 45.4 Å². The molecule has 1 aromatic carbocycles. The molecule has 1 heterocycles. The van der Waals surface area contributed by atoms with Crippen molar-refractivity contribution in [3.05, 3.63) is 29.8 Å². The van der Waals surface area contributed by atoms with Gasteiger partial charge in [-0.05, 0) is 18.9 Å².